The van der Waals surface area contributed by atoms with E-state index in [1.807, 2.05) is 13.8 Å². The van der Waals surface area contributed by atoms with Crippen molar-refractivity contribution < 1.29 is 13.2 Å². The maximum Gasteiger partial charge on any atom is 0.246 e. The highest BCUT2D eigenvalue weighted by Gasteiger charge is 2.34. The van der Waals surface area contributed by atoms with Gasteiger partial charge in [-0.25, -0.2) is 8.42 Å². The summed E-state index contributed by atoms with van der Waals surface area (Å²) >= 11 is 0. The molecule has 1 aliphatic heterocycles. The molecule has 21 heavy (non-hydrogen) atoms. The topological polar surface area (TPSA) is 46.6 Å². The van der Waals surface area contributed by atoms with Crippen LogP contribution in [0.1, 0.15) is 37.8 Å². The molecule has 0 amide bonds. The van der Waals surface area contributed by atoms with Gasteiger partial charge in [0, 0.05) is 13.1 Å². The van der Waals surface area contributed by atoms with Crippen LogP contribution in [0.25, 0.3) is 0 Å². The number of hydrogen-bond donors (Lipinski definition) is 0. The number of aryl methyl sites for hydroxylation is 2. The van der Waals surface area contributed by atoms with Crippen LogP contribution in [-0.4, -0.2) is 32.9 Å². The van der Waals surface area contributed by atoms with Gasteiger partial charge in [0.05, 0.1) is 7.11 Å². The first-order chi connectivity index (χ1) is 9.67. The Morgan fingerprint density at radius 2 is 1.62 bits per heavy atom. The van der Waals surface area contributed by atoms with Gasteiger partial charge in [-0.1, -0.05) is 13.8 Å². The van der Waals surface area contributed by atoms with E-state index >= 15 is 0 Å². The van der Waals surface area contributed by atoms with Crippen molar-refractivity contribution in [1.29, 1.82) is 0 Å². The van der Waals surface area contributed by atoms with Gasteiger partial charge < -0.3 is 4.74 Å². The van der Waals surface area contributed by atoms with Crippen molar-refractivity contribution in [2.24, 2.45) is 5.41 Å². The smallest absolute Gasteiger partial charge is 0.246 e. The third kappa shape index (κ3) is 3.24. The molecule has 5 heteroatoms. The number of benzene rings is 1. The van der Waals surface area contributed by atoms with Gasteiger partial charge in [0.15, 0.2) is 0 Å². The summed E-state index contributed by atoms with van der Waals surface area (Å²) in [7, 11) is -1.97. The molecule has 0 N–H and O–H groups in total. The SMILES string of the molecule is COc1cc(C)c(C)cc1S(=O)(=O)N1CCC(C)(C)CC1. The molecule has 1 aliphatic rings. The molecule has 1 saturated heterocycles. The van der Waals surface area contributed by atoms with E-state index in [-0.39, 0.29) is 10.3 Å². The molecule has 0 aromatic heterocycles. The first-order valence-electron chi connectivity index (χ1n) is 7.33. The number of methoxy groups -OCH3 is 1. The summed E-state index contributed by atoms with van der Waals surface area (Å²) in [6.45, 7) is 9.41. The summed E-state index contributed by atoms with van der Waals surface area (Å²) in [4.78, 5) is 0.285. The molecule has 0 atom stereocenters. The lowest BCUT2D eigenvalue weighted by Gasteiger charge is -2.36. The maximum absolute atomic E-state index is 12.9. The number of rotatable bonds is 3. The van der Waals surface area contributed by atoms with Crippen LogP contribution in [0.5, 0.6) is 5.75 Å². The predicted molar refractivity (Wildman–Crippen MR) is 84.2 cm³/mol. The van der Waals surface area contributed by atoms with E-state index in [2.05, 4.69) is 13.8 Å². The quantitative estimate of drug-likeness (QED) is 0.861. The minimum absolute atomic E-state index is 0.222. The second kappa shape index (κ2) is 5.61. The Balaban J connectivity index is 2.39. The van der Waals surface area contributed by atoms with Crippen molar-refractivity contribution in [2.75, 3.05) is 20.2 Å². The van der Waals surface area contributed by atoms with Crippen molar-refractivity contribution in [3.05, 3.63) is 23.3 Å². The second-order valence-electron chi connectivity index (χ2n) is 6.66. The normalized spacial score (nSPS) is 19.5. The number of sulfonamides is 1. The Labute approximate surface area is 128 Å². The highest BCUT2D eigenvalue weighted by atomic mass is 32.2. The molecule has 0 aliphatic carbocycles. The first kappa shape index (κ1) is 16.3. The van der Waals surface area contributed by atoms with Crippen LogP contribution in [0.3, 0.4) is 0 Å². The number of hydrogen-bond acceptors (Lipinski definition) is 3. The average molecular weight is 311 g/mol. The Hall–Kier alpha value is -1.07. The van der Waals surface area contributed by atoms with Crippen molar-refractivity contribution in [1.82, 2.24) is 4.31 Å². The molecule has 2 rings (SSSR count). The molecule has 0 saturated carbocycles. The summed E-state index contributed by atoms with van der Waals surface area (Å²) in [6, 6.07) is 3.53. The van der Waals surface area contributed by atoms with Crippen molar-refractivity contribution in [2.45, 2.75) is 45.4 Å². The van der Waals surface area contributed by atoms with Crippen LogP contribution >= 0.6 is 0 Å². The van der Waals surface area contributed by atoms with E-state index < -0.39 is 10.0 Å². The lowest BCUT2D eigenvalue weighted by Crippen LogP contribution is -2.41. The lowest BCUT2D eigenvalue weighted by molar-refractivity contribution is 0.195. The molecule has 0 spiro atoms. The first-order valence-corrected chi connectivity index (χ1v) is 8.77. The fraction of sp³-hybridized carbons (Fsp3) is 0.625. The fourth-order valence-corrected chi connectivity index (χ4v) is 4.26. The Kier molecular flexibility index (Phi) is 4.36. The number of nitrogens with zero attached hydrogens (tertiary/aromatic N) is 1. The van der Waals surface area contributed by atoms with Crippen molar-refractivity contribution in [3.63, 3.8) is 0 Å². The summed E-state index contributed by atoms with van der Waals surface area (Å²) in [6.07, 6.45) is 1.78. The molecule has 1 aromatic carbocycles. The van der Waals surface area contributed by atoms with Gasteiger partial charge in [-0.2, -0.15) is 4.31 Å². The molecule has 1 fully saturated rings. The van der Waals surface area contributed by atoms with Gasteiger partial charge in [0.1, 0.15) is 10.6 Å². The standard InChI is InChI=1S/C16H25NO3S/c1-12-10-14(20-5)15(11-13(12)2)21(18,19)17-8-6-16(3,4)7-9-17/h10-11H,6-9H2,1-5H3. The lowest BCUT2D eigenvalue weighted by atomic mass is 9.83. The van der Waals surface area contributed by atoms with Crippen LogP contribution in [0.2, 0.25) is 0 Å². The minimum atomic E-state index is -3.49. The number of piperidine rings is 1. The molecule has 4 nitrogen and oxygen atoms in total. The van der Waals surface area contributed by atoms with E-state index in [0.717, 1.165) is 24.0 Å². The van der Waals surface area contributed by atoms with Gasteiger partial charge >= 0.3 is 0 Å². The monoisotopic (exact) mass is 311 g/mol. The third-order valence-electron chi connectivity index (χ3n) is 4.47. The van der Waals surface area contributed by atoms with E-state index in [0.29, 0.717) is 18.8 Å². The molecule has 0 unspecified atom stereocenters. The van der Waals surface area contributed by atoms with Gasteiger partial charge in [0.25, 0.3) is 0 Å². The van der Waals surface area contributed by atoms with Crippen molar-refractivity contribution in [3.8, 4) is 5.75 Å². The minimum Gasteiger partial charge on any atom is -0.495 e. The second-order valence-corrected chi connectivity index (χ2v) is 8.56. The molecule has 1 aromatic rings. The zero-order valence-corrected chi connectivity index (χ0v) is 14.4. The molecule has 0 bridgehead atoms. The molecule has 1 heterocycles. The van der Waals surface area contributed by atoms with Gasteiger partial charge in [0.2, 0.25) is 10.0 Å². The van der Waals surface area contributed by atoms with Crippen LogP contribution in [0.15, 0.2) is 17.0 Å². The highest BCUT2D eigenvalue weighted by Crippen LogP contribution is 2.35. The molecular formula is C16H25NO3S. The van der Waals surface area contributed by atoms with E-state index in [1.165, 1.54) is 7.11 Å². The Morgan fingerprint density at radius 1 is 1.10 bits per heavy atom. The fourth-order valence-electron chi connectivity index (χ4n) is 2.60. The molecular weight excluding hydrogens is 286 g/mol. The predicted octanol–water partition coefficient (Wildman–Crippen LogP) is 3.12. The van der Waals surface area contributed by atoms with Crippen LogP contribution in [-0.2, 0) is 10.0 Å². The summed E-state index contributed by atoms with van der Waals surface area (Å²) in [5.74, 6) is 0.433. The summed E-state index contributed by atoms with van der Waals surface area (Å²) < 4.78 is 32.7. The maximum atomic E-state index is 12.9. The Bertz CT molecular complexity index is 625. The van der Waals surface area contributed by atoms with Crippen LogP contribution in [0, 0.1) is 19.3 Å². The van der Waals surface area contributed by atoms with Gasteiger partial charge in [-0.3, -0.25) is 0 Å². The molecule has 0 radical (unpaired) electrons. The summed E-state index contributed by atoms with van der Waals surface area (Å²) in [5, 5.41) is 0. The van der Waals surface area contributed by atoms with E-state index in [1.54, 1.807) is 16.4 Å². The van der Waals surface area contributed by atoms with Crippen LogP contribution < -0.4 is 4.74 Å². The third-order valence-corrected chi connectivity index (χ3v) is 6.39. The molecule has 118 valence electrons. The average Bonchev–Trinajstić information content (AvgIpc) is 2.40. The van der Waals surface area contributed by atoms with Crippen molar-refractivity contribution >= 4 is 10.0 Å². The van der Waals surface area contributed by atoms with E-state index in [9.17, 15) is 8.42 Å². The number of ether oxygens (including phenoxy) is 1. The van der Waals surface area contributed by atoms with Gasteiger partial charge in [-0.15, -0.1) is 0 Å². The highest BCUT2D eigenvalue weighted by molar-refractivity contribution is 7.89. The summed E-state index contributed by atoms with van der Waals surface area (Å²) in [5.41, 5.74) is 2.22. The zero-order chi connectivity index (χ0) is 15.8. The van der Waals surface area contributed by atoms with Gasteiger partial charge in [-0.05, 0) is 55.4 Å². The van der Waals surface area contributed by atoms with Crippen LogP contribution in [0.4, 0.5) is 0 Å². The Morgan fingerprint density at radius 3 is 2.14 bits per heavy atom. The zero-order valence-electron chi connectivity index (χ0n) is 13.6. The van der Waals surface area contributed by atoms with E-state index in [4.69, 9.17) is 4.74 Å². The largest absolute Gasteiger partial charge is 0.495 e.